The number of rotatable bonds is 8. The average Bonchev–Trinajstić information content (AvgIpc) is 3.41. The van der Waals surface area contributed by atoms with Gasteiger partial charge in [0, 0.05) is 46.6 Å². The van der Waals surface area contributed by atoms with Gasteiger partial charge in [0.1, 0.15) is 24.9 Å². The number of carbonyl (C=O) groups excluding carboxylic acids is 3. The maximum atomic E-state index is 15.0. The lowest BCUT2D eigenvalue weighted by atomic mass is 9.87. The molecule has 1 aliphatic carbocycles. The summed E-state index contributed by atoms with van der Waals surface area (Å²) in [5.41, 5.74) is 1.97. The summed E-state index contributed by atoms with van der Waals surface area (Å²) in [6.45, 7) is 1.16. The van der Waals surface area contributed by atoms with Gasteiger partial charge in [0.2, 0.25) is 5.91 Å². The first-order valence-corrected chi connectivity index (χ1v) is 12.5. The Labute approximate surface area is 214 Å². The van der Waals surface area contributed by atoms with Gasteiger partial charge in [-0.05, 0) is 43.5 Å². The number of para-hydroxylation sites is 1. The molecule has 3 atom stereocenters. The van der Waals surface area contributed by atoms with Crippen molar-refractivity contribution in [1.82, 2.24) is 9.47 Å². The number of halogens is 2. The van der Waals surface area contributed by atoms with E-state index in [0.717, 1.165) is 29.3 Å². The first kappa shape index (κ1) is 24.7. The summed E-state index contributed by atoms with van der Waals surface area (Å²) >= 11 is 6.03. The third kappa shape index (κ3) is 4.35. The number of likely N-dealkylation sites (tertiary alicyclic amines) is 1. The summed E-state index contributed by atoms with van der Waals surface area (Å²) in [6.07, 6.45) is 1.07. The molecule has 36 heavy (non-hydrogen) atoms. The lowest BCUT2D eigenvalue weighted by molar-refractivity contribution is -0.140. The maximum Gasteiger partial charge on any atom is 0.243 e. The first-order chi connectivity index (χ1) is 17.2. The lowest BCUT2D eigenvalue weighted by Crippen LogP contribution is -2.47. The highest BCUT2D eigenvalue weighted by Crippen LogP contribution is 2.52. The van der Waals surface area contributed by atoms with Crippen molar-refractivity contribution < 1.29 is 23.5 Å². The molecule has 8 heteroatoms. The summed E-state index contributed by atoms with van der Waals surface area (Å²) in [4.78, 5) is 40.5. The lowest BCUT2D eigenvalue weighted by Gasteiger charge is -2.28. The minimum absolute atomic E-state index is 0.105. The van der Waals surface area contributed by atoms with Gasteiger partial charge >= 0.3 is 0 Å². The zero-order valence-corrected chi connectivity index (χ0v) is 21.0. The topological polar surface area (TPSA) is 68.6 Å². The Balaban J connectivity index is 1.40. The number of nitrogens with zero attached hydrogens (tertiary/aromatic N) is 2. The van der Waals surface area contributed by atoms with Crippen LogP contribution in [0.4, 0.5) is 4.39 Å². The fourth-order valence-corrected chi connectivity index (χ4v) is 5.65. The van der Waals surface area contributed by atoms with Crippen molar-refractivity contribution in [2.45, 2.75) is 56.5 Å². The van der Waals surface area contributed by atoms with Crippen molar-refractivity contribution in [2.75, 3.05) is 13.7 Å². The van der Waals surface area contributed by atoms with Gasteiger partial charge in [-0.25, -0.2) is 4.39 Å². The van der Waals surface area contributed by atoms with Crippen LogP contribution in [-0.4, -0.2) is 58.9 Å². The Morgan fingerprint density at radius 2 is 1.81 bits per heavy atom. The predicted octanol–water partition coefficient (Wildman–Crippen LogP) is 4.75. The molecular formula is C28H28ClFN2O4. The second-order valence-corrected chi connectivity index (χ2v) is 10.3. The number of Topliss-reactive ketones (excluding diaryl/α,β-unsaturated/α-hetero) is 2. The molecule has 1 saturated carbocycles. The van der Waals surface area contributed by atoms with Gasteiger partial charge in [0.15, 0.2) is 11.6 Å². The number of carbonyl (C=O) groups is 3. The molecule has 1 aliphatic heterocycles. The van der Waals surface area contributed by atoms with E-state index in [4.69, 9.17) is 16.3 Å². The minimum Gasteiger partial charge on any atom is -0.376 e. The van der Waals surface area contributed by atoms with E-state index in [0.29, 0.717) is 10.6 Å². The highest BCUT2D eigenvalue weighted by atomic mass is 35.5. The molecule has 5 rings (SSSR count). The Hall–Kier alpha value is -3.03. The fraction of sp³-hybridized carbons (Fsp3) is 0.393. The molecular weight excluding hydrogens is 483 g/mol. The molecule has 0 N–H and O–H groups in total. The van der Waals surface area contributed by atoms with Crippen LogP contribution in [0.1, 0.15) is 42.1 Å². The van der Waals surface area contributed by atoms with E-state index >= 15 is 0 Å². The first-order valence-electron chi connectivity index (χ1n) is 12.1. The highest BCUT2D eigenvalue weighted by Gasteiger charge is 2.53. The molecule has 0 radical (unpaired) electrons. The van der Waals surface area contributed by atoms with Gasteiger partial charge in [0.05, 0.1) is 6.54 Å². The predicted molar refractivity (Wildman–Crippen MR) is 135 cm³/mol. The number of methoxy groups -OCH3 is 1. The van der Waals surface area contributed by atoms with Crippen LogP contribution in [0, 0.1) is 0 Å². The number of ketones is 2. The number of amides is 1. The second-order valence-electron chi connectivity index (χ2n) is 9.88. The average molecular weight is 511 g/mol. The summed E-state index contributed by atoms with van der Waals surface area (Å²) in [6, 6.07) is 13.8. The normalized spacial score (nSPS) is 22.7. The van der Waals surface area contributed by atoms with Crippen LogP contribution < -0.4 is 0 Å². The van der Waals surface area contributed by atoms with Gasteiger partial charge in [-0.1, -0.05) is 41.9 Å². The van der Waals surface area contributed by atoms with Crippen molar-refractivity contribution in [3.05, 3.63) is 70.9 Å². The third-order valence-electron chi connectivity index (χ3n) is 7.59. The molecule has 0 spiro atoms. The monoisotopic (exact) mass is 510 g/mol. The summed E-state index contributed by atoms with van der Waals surface area (Å²) in [7, 11) is 1.37. The molecule has 2 aromatic carbocycles. The molecule has 1 amide bonds. The van der Waals surface area contributed by atoms with Crippen molar-refractivity contribution in [1.29, 1.82) is 0 Å². The summed E-state index contributed by atoms with van der Waals surface area (Å²) < 4.78 is 22.1. The standard InChI is InChI=1S/C28H28ClFN2O4/c1-17(33)21-14-31(23-6-4-3-5-20(21)23)16-25(35)32-15-22(30)27(36-2)26(32)24(34)13-28(11-12-28)18-7-9-19(29)10-8-18/h3-10,14,22,26-27H,11-13,15-16H2,1-2H3/t22-,26+,27+/m0/s1. The Bertz CT molecular complexity index is 1330. The molecule has 0 bridgehead atoms. The number of benzene rings is 2. The van der Waals surface area contributed by atoms with Gasteiger partial charge in [-0.3, -0.25) is 14.4 Å². The quantitative estimate of drug-likeness (QED) is 0.410. The molecule has 1 aromatic heterocycles. The van der Waals surface area contributed by atoms with Crippen LogP contribution >= 0.6 is 11.6 Å². The number of fused-ring (bicyclic) bond motifs is 1. The van der Waals surface area contributed by atoms with Gasteiger partial charge < -0.3 is 14.2 Å². The number of ether oxygens (including phenoxy) is 1. The molecule has 0 unspecified atom stereocenters. The van der Waals surface area contributed by atoms with Crippen LogP contribution in [-0.2, 0) is 26.3 Å². The number of hydrogen-bond donors (Lipinski definition) is 0. The van der Waals surface area contributed by atoms with Gasteiger partial charge in [0.25, 0.3) is 0 Å². The second kappa shape index (κ2) is 9.45. The molecule has 188 valence electrons. The van der Waals surface area contributed by atoms with E-state index in [2.05, 4.69) is 0 Å². The van der Waals surface area contributed by atoms with Gasteiger partial charge in [-0.15, -0.1) is 0 Å². The molecule has 2 fully saturated rings. The molecule has 3 aromatic rings. The Kier molecular flexibility index (Phi) is 6.47. The zero-order chi connectivity index (χ0) is 25.6. The van der Waals surface area contributed by atoms with Crippen molar-refractivity contribution in [3.8, 4) is 0 Å². The van der Waals surface area contributed by atoms with E-state index in [1.807, 2.05) is 36.4 Å². The maximum absolute atomic E-state index is 15.0. The van der Waals surface area contributed by atoms with Crippen molar-refractivity contribution in [2.24, 2.45) is 0 Å². The van der Waals surface area contributed by atoms with Crippen LogP contribution in [0.3, 0.4) is 0 Å². The van der Waals surface area contributed by atoms with E-state index in [9.17, 15) is 18.8 Å². The molecule has 2 heterocycles. The molecule has 1 saturated heterocycles. The molecule has 2 aliphatic rings. The van der Waals surface area contributed by atoms with Crippen LogP contribution in [0.2, 0.25) is 5.02 Å². The van der Waals surface area contributed by atoms with Crippen LogP contribution in [0.25, 0.3) is 10.9 Å². The van der Waals surface area contributed by atoms with E-state index in [1.165, 1.54) is 18.9 Å². The van der Waals surface area contributed by atoms with Crippen LogP contribution in [0.15, 0.2) is 54.7 Å². The number of aromatic nitrogens is 1. The Morgan fingerprint density at radius 3 is 2.44 bits per heavy atom. The zero-order valence-electron chi connectivity index (χ0n) is 20.2. The number of hydrogen-bond acceptors (Lipinski definition) is 4. The minimum atomic E-state index is -1.47. The van der Waals surface area contributed by atoms with Gasteiger partial charge in [-0.2, -0.15) is 0 Å². The fourth-order valence-electron chi connectivity index (χ4n) is 5.53. The summed E-state index contributed by atoms with van der Waals surface area (Å²) in [5, 5.41) is 1.38. The van der Waals surface area contributed by atoms with E-state index < -0.39 is 18.3 Å². The summed E-state index contributed by atoms with van der Waals surface area (Å²) in [5.74, 6) is -0.695. The third-order valence-corrected chi connectivity index (χ3v) is 7.85. The SMILES string of the molecule is CO[C@H]1[C@@H](C(=O)CC2(c3ccc(Cl)cc3)CC2)N(C(=O)Cn2cc(C(C)=O)c3ccccc32)C[C@@H]1F. The van der Waals surface area contributed by atoms with Crippen LogP contribution in [0.5, 0.6) is 0 Å². The molecule has 6 nitrogen and oxygen atoms in total. The Morgan fingerprint density at radius 1 is 1.11 bits per heavy atom. The largest absolute Gasteiger partial charge is 0.376 e. The van der Waals surface area contributed by atoms with Crippen molar-refractivity contribution >= 4 is 40.0 Å². The van der Waals surface area contributed by atoms with Crippen molar-refractivity contribution in [3.63, 3.8) is 0 Å². The van der Waals surface area contributed by atoms with E-state index in [1.54, 1.807) is 22.9 Å². The highest BCUT2D eigenvalue weighted by molar-refractivity contribution is 6.30. The smallest absolute Gasteiger partial charge is 0.243 e. The van der Waals surface area contributed by atoms with E-state index in [-0.39, 0.29) is 42.4 Å². The number of alkyl halides is 1.